The topological polar surface area (TPSA) is 61.5 Å². The number of likely N-dealkylation sites (tertiary alicyclic amines) is 1. The number of hydrogen-bond acceptors (Lipinski definition) is 4. The summed E-state index contributed by atoms with van der Waals surface area (Å²) >= 11 is 0. The van der Waals surface area contributed by atoms with Gasteiger partial charge in [0.15, 0.2) is 0 Å². The fourth-order valence-corrected chi connectivity index (χ4v) is 4.79. The van der Waals surface area contributed by atoms with Crippen LogP contribution >= 0.6 is 0 Å². The van der Waals surface area contributed by atoms with E-state index in [2.05, 4.69) is 15.1 Å². The van der Waals surface area contributed by atoms with Crippen molar-refractivity contribution in [3.05, 3.63) is 17.5 Å². The summed E-state index contributed by atoms with van der Waals surface area (Å²) in [6.45, 7) is 3.37. The fourth-order valence-electron chi connectivity index (χ4n) is 4.79. The van der Waals surface area contributed by atoms with Crippen molar-refractivity contribution < 1.29 is 9.53 Å². The second kappa shape index (κ2) is 6.48. The molecule has 0 bridgehead atoms. The summed E-state index contributed by atoms with van der Waals surface area (Å²) in [6, 6.07) is 2.78. The van der Waals surface area contributed by atoms with Crippen LogP contribution in [0.5, 0.6) is 0 Å². The van der Waals surface area contributed by atoms with Crippen molar-refractivity contribution >= 4 is 5.91 Å². The van der Waals surface area contributed by atoms with E-state index in [0.717, 1.165) is 30.5 Å². The first kappa shape index (κ1) is 16.1. The summed E-state index contributed by atoms with van der Waals surface area (Å²) in [5.41, 5.74) is 1.85. The van der Waals surface area contributed by atoms with E-state index in [-0.39, 0.29) is 5.92 Å². The van der Waals surface area contributed by atoms with Crippen LogP contribution in [0.1, 0.15) is 37.1 Å². The van der Waals surface area contributed by atoms with Gasteiger partial charge in [-0.3, -0.25) is 14.8 Å². The monoisotopic (exact) mass is 332 g/mol. The number of aromatic amines is 1. The van der Waals surface area contributed by atoms with Crippen LogP contribution in [-0.4, -0.2) is 59.2 Å². The maximum absolute atomic E-state index is 12.7. The lowest BCUT2D eigenvalue weighted by Gasteiger charge is -2.27. The van der Waals surface area contributed by atoms with E-state index >= 15 is 0 Å². The number of rotatable bonds is 6. The molecule has 24 heavy (non-hydrogen) atoms. The molecule has 4 rings (SSSR count). The van der Waals surface area contributed by atoms with Crippen molar-refractivity contribution in [3.8, 4) is 0 Å². The summed E-state index contributed by atoms with van der Waals surface area (Å²) in [4.78, 5) is 17.2. The highest BCUT2D eigenvalue weighted by Gasteiger charge is 2.60. The minimum Gasteiger partial charge on any atom is -0.378 e. The number of fused-ring (bicyclic) bond motifs is 1. The number of methoxy groups -OCH3 is 1. The van der Waals surface area contributed by atoms with Crippen molar-refractivity contribution in [2.24, 2.45) is 17.8 Å². The third-order valence-corrected chi connectivity index (χ3v) is 6.11. The van der Waals surface area contributed by atoms with E-state index < -0.39 is 0 Å². The number of ether oxygens (including phenoxy) is 1. The van der Waals surface area contributed by atoms with Crippen LogP contribution in [0.2, 0.25) is 0 Å². The molecule has 1 aliphatic heterocycles. The summed E-state index contributed by atoms with van der Waals surface area (Å²) in [6.07, 6.45) is 5.50. The summed E-state index contributed by atoms with van der Waals surface area (Å²) in [5.74, 6) is 1.77. The number of piperidine rings is 1. The quantitative estimate of drug-likeness (QED) is 0.860. The first-order chi connectivity index (χ1) is 11.7. The Morgan fingerprint density at radius 3 is 2.75 bits per heavy atom. The standard InChI is InChI=1S/C18H28N4O2/c1-21(8-12-7-13(11-24-2)20-19-12)18(23)17-15-9-22(10-16(15)17)14-5-3-4-6-14/h7,14-17H,3-6,8-11H2,1-2H3,(H,19,20)/t15-,16+,17?. The van der Waals surface area contributed by atoms with Gasteiger partial charge in [0.2, 0.25) is 5.91 Å². The Bertz CT molecular complexity index is 584. The van der Waals surface area contributed by atoms with Gasteiger partial charge in [-0.2, -0.15) is 5.10 Å². The zero-order valence-corrected chi connectivity index (χ0v) is 14.7. The van der Waals surface area contributed by atoms with Gasteiger partial charge in [0.05, 0.1) is 24.5 Å². The molecule has 3 fully saturated rings. The molecule has 2 heterocycles. The number of nitrogens with zero attached hydrogens (tertiary/aromatic N) is 3. The van der Waals surface area contributed by atoms with Crippen molar-refractivity contribution in [2.45, 2.75) is 44.9 Å². The molecule has 2 saturated carbocycles. The second-order valence-corrected chi connectivity index (χ2v) is 7.76. The molecule has 1 unspecified atom stereocenters. The van der Waals surface area contributed by atoms with Crippen LogP contribution in [0, 0.1) is 17.8 Å². The SMILES string of the molecule is COCc1cc(CN(C)C(=O)C2[C@H]3CN(C4CCCC4)C[C@@H]23)[nH]n1. The molecular formula is C18H28N4O2. The molecule has 3 aliphatic rings. The van der Waals surface area contributed by atoms with E-state index in [1.807, 2.05) is 18.0 Å². The van der Waals surface area contributed by atoms with Gasteiger partial charge in [-0.25, -0.2) is 0 Å². The zero-order valence-electron chi connectivity index (χ0n) is 14.7. The molecule has 1 aromatic heterocycles. The van der Waals surface area contributed by atoms with Gasteiger partial charge in [-0.05, 0) is 30.7 Å². The van der Waals surface area contributed by atoms with E-state index in [1.54, 1.807) is 7.11 Å². The predicted molar refractivity (Wildman–Crippen MR) is 90.1 cm³/mol. The van der Waals surface area contributed by atoms with Gasteiger partial charge in [0.25, 0.3) is 0 Å². The molecule has 6 heteroatoms. The number of carbonyl (C=O) groups is 1. The van der Waals surface area contributed by atoms with Gasteiger partial charge in [-0.1, -0.05) is 12.8 Å². The highest BCUT2D eigenvalue weighted by Crippen LogP contribution is 2.53. The molecule has 0 aromatic carbocycles. The lowest BCUT2D eigenvalue weighted by atomic mass is 10.1. The maximum Gasteiger partial charge on any atom is 0.226 e. The highest BCUT2D eigenvalue weighted by molar-refractivity contribution is 5.82. The molecule has 0 radical (unpaired) electrons. The Labute approximate surface area is 143 Å². The number of carbonyl (C=O) groups excluding carboxylic acids is 1. The van der Waals surface area contributed by atoms with Crippen molar-refractivity contribution in [3.63, 3.8) is 0 Å². The molecular weight excluding hydrogens is 304 g/mol. The Hall–Kier alpha value is -1.40. The summed E-state index contributed by atoms with van der Waals surface area (Å²) in [5, 5.41) is 7.19. The van der Waals surface area contributed by atoms with Crippen LogP contribution in [0.4, 0.5) is 0 Å². The number of amides is 1. The highest BCUT2D eigenvalue weighted by atomic mass is 16.5. The number of H-pyrrole nitrogens is 1. The molecule has 6 nitrogen and oxygen atoms in total. The van der Waals surface area contributed by atoms with Gasteiger partial charge in [0.1, 0.15) is 0 Å². The van der Waals surface area contributed by atoms with Crippen LogP contribution in [0.25, 0.3) is 0 Å². The Morgan fingerprint density at radius 1 is 1.38 bits per heavy atom. The third kappa shape index (κ3) is 2.97. The van der Waals surface area contributed by atoms with E-state index in [9.17, 15) is 4.79 Å². The zero-order chi connectivity index (χ0) is 16.7. The van der Waals surface area contributed by atoms with E-state index in [4.69, 9.17) is 4.74 Å². The average molecular weight is 332 g/mol. The fraction of sp³-hybridized carbons (Fsp3) is 0.778. The Morgan fingerprint density at radius 2 is 2.08 bits per heavy atom. The molecule has 1 N–H and O–H groups in total. The first-order valence-corrected chi connectivity index (χ1v) is 9.18. The molecule has 3 atom stereocenters. The summed E-state index contributed by atoms with van der Waals surface area (Å²) in [7, 11) is 3.56. The maximum atomic E-state index is 12.7. The smallest absolute Gasteiger partial charge is 0.226 e. The number of nitrogens with one attached hydrogen (secondary N) is 1. The number of aromatic nitrogens is 2. The van der Waals surface area contributed by atoms with Crippen molar-refractivity contribution in [2.75, 3.05) is 27.2 Å². The molecule has 2 aliphatic carbocycles. The van der Waals surface area contributed by atoms with Crippen LogP contribution < -0.4 is 0 Å². The predicted octanol–water partition coefficient (Wildman–Crippen LogP) is 1.63. The molecule has 1 amide bonds. The van der Waals surface area contributed by atoms with E-state index in [0.29, 0.717) is 30.9 Å². The normalized spacial score (nSPS) is 29.8. The van der Waals surface area contributed by atoms with Crippen LogP contribution in [0.3, 0.4) is 0 Å². The Balaban J connectivity index is 1.28. The van der Waals surface area contributed by atoms with Crippen molar-refractivity contribution in [1.82, 2.24) is 20.0 Å². The largest absolute Gasteiger partial charge is 0.378 e. The minimum absolute atomic E-state index is 0.258. The van der Waals surface area contributed by atoms with Gasteiger partial charge in [0, 0.05) is 39.2 Å². The average Bonchev–Trinajstić information content (AvgIpc) is 3.09. The molecule has 132 valence electrons. The van der Waals surface area contributed by atoms with Crippen molar-refractivity contribution in [1.29, 1.82) is 0 Å². The van der Waals surface area contributed by atoms with Gasteiger partial charge < -0.3 is 9.64 Å². The lowest BCUT2D eigenvalue weighted by Crippen LogP contribution is -2.37. The molecule has 0 spiro atoms. The Kier molecular flexibility index (Phi) is 4.35. The van der Waals surface area contributed by atoms with Gasteiger partial charge >= 0.3 is 0 Å². The number of hydrogen-bond donors (Lipinski definition) is 1. The van der Waals surface area contributed by atoms with Gasteiger partial charge in [-0.15, -0.1) is 0 Å². The lowest BCUT2D eigenvalue weighted by molar-refractivity contribution is -0.132. The first-order valence-electron chi connectivity index (χ1n) is 9.18. The molecule has 1 aromatic rings. The second-order valence-electron chi connectivity index (χ2n) is 7.76. The molecule has 1 saturated heterocycles. The van der Waals surface area contributed by atoms with E-state index in [1.165, 1.54) is 25.7 Å². The summed E-state index contributed by atoms with van der Waals surface area (Å²) < 4.78 is 5.08. The minimum atomic E-state index is 0.258. The third-order valence-electron chi connectivity index (χ3n) is 6.11. The van der Waals surface area contributed by atoms with Crippen LogP contribution in [0.15, 0.2) is 6.07 Å². The van der Waals surface area contributed by atoms with Crippen LogP contribution in [-0.2, 0) is 22.7 Å².